The van der Waals surface area contributed by atoms with E-state index in [2.05, 4.69) is 26.0 Å². The quantitative estimate of drug-likeness (QED) is 0.723. The first kappa shape index (κ1) is 20.0. The van der Waals surface area contributed by atoms with E-state index in [0.29, 0.717) is 22.1 Å². The lowest BCUT2D eigenvalue weighted by molar-refractivity contribution is 0.399. The number of hydrogen-bond donors (Lipinski definition) is 2. The first-order valence-electron chi connectivity index (χ1n) is 6.70. The van der Waals surface area contributed by atoms with Crippen LogP contribution < -0.4 is 14.8 Å². The highest BCUT2D eigenvalue weighted by Crippen LogP contribution is 2.35. The van der Waals surface area contributed by atoms with Crippen LogP contribution in [0.1, 0.15) is 19.3 Å². The minimum atomic E-state index is -3.66. The summed E-state index contributed by atoms with van der Waals surface area (Å²) in [5.74, 6) is 0.255. The molecular weight excluding hydrogens is 415 g/mol. The second kappa shape index (κ2) is 8.70. The molecule has 1 heterocycles. The van der Waals surface area contributed by atoms with Crippen molar-refractivity contribution in [2.45, 2.75) is 30.2 Å². The largest absolute Gasteiger partial charge is 0.494 e. The van der Waals surface area contributed by atoms with Crippen LogP contribution >= 0.6 is 39.9 Å². The number of hydrogen-bond acceptors (Lipinski definition) is 4. The lowest BCUT2D eigenvalue weighted by Gasteiger charge is -2.14. The van der Waals surface area contributed by atoms with Gasteiger partial charge in [-0.05, 0) is 53.9 Å². The first-order chi connectivity index (χ1) is 9.94. The number of nitrogens with one attached hydrogen (secondary N) is 2. The summed E-state index contributed by atoms with van der Waals surface area (Å²) in [5.41, 5.74) is 0. The Hall–Kier alpha value is -0.0500. The summed E-state index contributed by atoms with van der Waals surface area (Å²) in [7, 11) is -2.23. The van der Waals surface area contributed by atoms with Crippen molar-refractivity contribution in [1.82, 2.24) is 10.0 Å². The minimum absolute atomic E-state index is 0. The van der Waals surface area contributed by atoms with E-state index in [1.165, 1.54) is 13.2 Å². The highest BCUT2D eigenvalue weighted by atomic mass is 79.9. The molecule has 0 bridgehead atoms. The number of benzene rings is 1. The molecule has 1 aliphatic heterocycles. The normalized spacial score (nSPS) is 18.0. The van der Waals surface area contributed by atoms with Crippen molar-refractivity contribution in [3.8, 4) is 5.75 Å². The fraction of sp³-hybridized carbons (Fsp3) is 0.538. The van der Waals surface area contributed by atoms with Gasteiger partial charge in [-0.25, -0.2) is 13.1 Å². The molecule has 2 N–H and O–H groups in total. The van der Waals surface area contributed by atoms with Crippen molar-refractivity contribution < 1.29 is 13.2 Å². The predicted octanol–water partition coefficient (Wildman–Crippen LogP) is 2.95. The molecule has 0 aliphatic carbocycles. The van der Waals surface area contributed by atoms with Crippen LogP contribution in [0.25, 0.3) is 0 Å². The summed E-state index contributed by atoms with van der Waals surface area (Å²) in [6.45, 7) is 1.39. The van der Waals surface area contributed by atoms with Crippen molar-refractivity contribution >= 4 is 50.0 Å². The van der Waals surface area contributed by atoms with E-state index in [1.54, 1.807) is 6.07 Å². The third-order valence-corrected chi connectivity index (χ3v) is 5.69. The van der Waals surface area contributed by atoms with Gasteiger partial charge in [-0.3, -0.25) is 0 Å². The Morgan fingerprint density at radius 1 is 1.50 bits per heavy atom. The SMILES string of the molecule is COc1c(Br)cc(Cl)cc1S(=O)(=O)NCC[C@H]1CCCN1.Cl. The molecule has 0 saturated carbocycles. The molecule has 0 radical (unpaired) electrons. The summed E-state index contributed by atoms with van der Waals surface area (Å²) in [4.78, 5) is 0.0451. The molecule has 1 aromatic rings. The summed E-state index contributed by atoms with van der Waals surface area (Å²) in [6.07, 6.45) is 3.00. The second-order valence-electron chi connectivity index (χ2n) is 4.90. The fourth-order valence-corrected chi connectivity index (χ4v) is 4.81. The van der Waals surface area contributed by atoms with Gasteiger partial charge in [-0.15, -0.1) is 12.4 Å². The van der Waals surface area contributed by atoms with Crippen LogP contribution in [0.2, 0.25) is 5.02 Å². The summed E-state index contributed by atoms with van der Waals surface area (Å²) in [6, 6.07) is 3.38. The van der Waals surface area contributed by atoms with Crippen molar-refractivity contribution in [1.29, 1.82) is 0 Å². The standard InChI is InChI=1S/C13H18BrClN2O3S.ClH/c1-20-13-11(14)7-9(15)8-12(13)21(18,19)17-6-4-10-3-2-5-16-10;/h7-8,10,16-17H,2-6H2,1H3;1H/t10-;/m1./s1. The van der Waals surface area contributed by atoms with Crippen LogP contribution in [0.3, 0.4) is 0 Å². The van der Waals surface area contributed by atoms with Gasteiger partial charge in [-0.2, -0.15) is 0 Å². The maximum Gasteiger partial charge on any atom is 0.244 e. The molecule has 1 aromatic carbocycles. The molecule has 1 aliphatic rings. The third kappa shape index (κ3) is 4.97. The molecule has 1 fully saturated rings. The molecular formula is C13H19BrCl2N2O3S. The van der Waals surface area contributed by atoms with Gasteiger partial charge in [0, 0.05) is 17.6 Å². The van der Waals surface area contributed by atoms with Gasteiger partial charge in [0.05, 0.1) is 11.6 Å². The van der Waals surface area contributed by atoms with Gasteiger partial charge in [0.15, 0.2) is 5.75 Å². The van der Waals surface area contributed by atoms with E-state index in [9.17, 15) is 8.42 Å². The number of methoxy groups -OCH3 is 1. The van der Waals surface area contributed by atoms with Gasteiger partial charge in [-0.1, -0.05) is 11.6 Å². The molecule has 9 heteroatoms. The maximum atomic E-state index is 12.4. The lowest BCUT2D eigenvalue weighted by Crippen LogP contribution is -2.30. The van der Waals surface area contributed by atoms with Crippen molar-refractivity contribution in [2.75, 3.05) is 20.2 Å². The molecule has 22 heavy (non-hydrogen) atoms. The molecule has 0 amide bonds. The zero-order valence-electron chi connectivity index (χ0n) is 12.1. The highest BCUT2D eigenvalue weighted by molar-refractivity contribution is 9.10. The Balaban J connectivity index is 0.00000242. The average molecular weight is 434 g/mol. The number of halogens is 3. The fourth-order valence-electron chi connectivity index (χ4n) is 2.38. The summed E-state index contributed by atoms with van der Waals surface area (Å²) >= 11 is 9.20. The smallest absolute Gasteiger partial charge is 0.244 e. The van der Waals surface area contributed by atoms with Crippen LogP contribution in [0, 0.1) is 0 Å². The van der Waals surface area contributed by atoms with Crippen LogP contribution in [0.15, 0.2) is 21.5 Å². The zero-order chi connectivity index (χ0) is 15.5. The van der Waals surface area contributed by atoms with Crippen LogP contribution in [0.5, 0.6) is 5.75 Å². The van der Waals surface area contributed by atoms with Gasteiger partial charge < -0.3 is 10.1 Å². The number of sulfonamides is 1. The Morgan fingerprint density at radius 3 is 2.82 bits per heavy atom. The Morgan fingerprint density at radius 2 is 2.23 bits per heavy atom. The van der Waals surface area contributed by atoms with E-state index in [-0.39, 0.29) is 23.1 Å². The van der Waals surface area contributed by atoms with Gasteiger partial charge in [0.25, 0.3) is 0 Å². The van der Waals surface area contributed by atoms with Crippen molar-refractivity contribution in [3.63, 3.8) is 0 Å². The van der Waals surface area contributed by atoms with Gasteiger partial charge >= 0.3 is 0 Å². The molecule has 0 aromatic heterocycles. The Kier molecular flexibility index (Phi) is 7.91. The lowest BCUT2D eigenvalue weighted by atomic mass is 10.2. The van der Waals surface area contributed by atoms with Crippen LogP contribution in [-0.2, 0) is 10.0 Å². The van der Waals surface area contributed by atoms with E-state index < -0.39 is 10.0 Å². The third-order valence-electron chi connectivity index (χ3n) is 3.42. The molecule has 126 valence electrons. The highest BCUT2D eigenvalue weighted by Gasteiger charge is 2.23. The van der Waals surface area contributed by atoms with Crippen LogP contribution in [-0.4, -0.2) is 34.7 Å². The second-order valence-corrected chi connectivity index (χ2v) is 7.92. The molecule has 0 spiro atoms. The van der Waals surface area contributed by atoms with E-state index >= 15 is 0 Å². The number of rotatable bonds is 6. The van der Waals surface area contributed by atoms with Crippen molar-refractivity contribution in [3.05, 3.63) is 21.6 Å². The average Bonchev–Trinajstić information content (AvgIpc) is 2.91. The maximum absolute atomic E-state index is 12.4. The monoisotopic (exact) mass is 432 g/mol. The predicted molar refractivity (Wildman–Crippen MR) is 93.8 cm³/mol. The van der Waals surface area contributed by atoms with Gasteiger partial charge in [0.2, 0.25) is 10.0 Å². The van der Waals surface area contributed by atoms with Crippen LogP contribution in [0.4, 0.5) is 0 Å². The van der Waals surface area contributed by atoms with E-state index in [0.717, 1.165) is 25.8 Å². The molecule has 2 rings (SSSR count). The topological polar surface area (TPSA) is 67.4 Å². The molecule has 5 nitrogen and oxygen atoms in total. The Bertz CT molecular complexity index is 608. The van der Waals surface area contributed by atoms with Crippen molar-refractivity contribution in [2.24, 2.45) is 0 Å². The molecule has 1 atom stereocenters. The zero-order valence-corrected chi connectivity index (χ0v) is 16.0. The molecule has 0 unspecified atom stereocenters. The first-order valence-corrected chi connectivity index (χ1v) is 9.35. The van der Waals surface area contributed by atoms with Gasteiger partial charge in [0.1, 0.15) is 4.90 Å². The molecule has 1 saturated heterocycles. The minimum Gasteiger partial charge on any atom is -0.494 e. The summed E-state index contributed by atoms with van der Waals surface area (Å²) in [5, 5.41) is 3.67. The summed E-state index contributed by atoms with van der Waals surface area (Å²) < 4.78 is 33.1. The van der Waals surface area contributed by atoms with E-state index in [1.807, 2.05) is 0 Å². The Labute approximate surface area is 150 Å². The van der Waals surface area contributed by atoms with E-state index in [4.69, 9.17) is 16.3 Å². The number of ether oxygens (including phenoxy) is 1.